The highest BCUT2D eigenvalue weighted by atomic mass is 16.1. The van der Waals surface area contributed by atoms with Crippen LogP contribution in [-0.2, 0) is 0 Å². The van der Waals surface area contributed by atoms with E-state index in [1.165, 1.54) is 25.7 Å². The van der Waals surface area contributed by atoms with Crippen molar-refractivity contribution >= 4 is 11.7 Å². The molecule has 0 atom stereocenters. The summed E-state index contributed by atoms with van der Waals surface area (Å²) in [7, 11) is 0. The molecule has 86 valence electrons. The fraction of sp³-hybridized carbons (Fsp3) is 0.500. The van der Waals surface area contributed by atoms with Crippen LogP contribution in [0.5, 0.6) is 0 Å². The first-order valence-electron chi connectivity index (χ1n) is 5.78. The second kappa shape index (κ2) is 4.96. The van der Waals surface area contributed by atoms with E-state index in [4.69, 9.17) is 5.73 Å². The predicted molar refractivity (Wildman–Crippen MR) is 63.4 cm³/mol. The van der Waals surface area contributed by atoms with Gasteiger partial charge < -0.3 is 10.6 Å². The number of anilines is 1. The second-order valence-corrected chi connectivity index (χ2v) is 4.17. The lowest BCUT2D eigenvalue weighted by Crippen LogP contribution is -2.25. The van der Waals surface area contributed by atoms with E-state index in [-0.39, 0.29) is 0 Å². The maximum atomic E-state index is 10.9. The number of nitrogens with zero attached hydrogens (tertiary/aromatic N) is 2. The van der Waals surface area contributed by atoms with E-state index < -0.39 is 5.91 Å². The molecule has 2 N–H and O–H groups in total. The van der Waals surface area contributed by atoms with E-state index in [9.17, 15) is 4.79 Å². The smallest absolute Gasteiger partial charge is 0.250 e. The Labute approximate surface area is 95.5 Å². The van der Waals surface area contributed by atoms with Crippen molar-refractivity contribution in [1.82, 2.24) is 4.98 Å². The van der Waals surface area contributed by atoms with E-state index in [1.54, 1.807) is 12.3 Å². The van der Waals surface area contributed by atoms with Gasteiger partial charge >= 0.3 is 0 Å². The van der Waals surface area contributed by atoms with Crippen LogP contribution >= 0.6 is 0 Å². The number of pyridine rings is 1. The van der Waals surface area contributed by atoms with Gasteiger partial charge in [-0.15, -0.1) is 0 Å². The Morgan fingerprint density at radius 3 is 2.38 bits per heavy atom. The summed E-state index contributed by atoms with van der Waals surface area (Å²) in [6.07, 6.45) is 6.60. The van der Waals surface area contributed by atoms with Crippen molar-refractivity contribution in [2.75, 3.05) is 18.0 Å². The topological polar surface area (TPSA) is 59.2 Å². The molecular formula is C12H17N3O. The van der Waals surface area contributed by atoms with Gasteiger partial charge in [-0.05, 0) is 25.0 Å². The zero-order valence-electron chi connectivity index (χ0n) is 9.35. The molecular weight excluding hydrogens is 202 g/mol. The summed E-state index contributed by atoms with van der Waals surface area (Å²) in [5.41, 5.74) is 5.65. The Hall–Kier alpha value is -1.58. The molecule has 2 rings (SSSR count). The van der Waals surface area contributed by atoms with E-state index >= 15 is 0 Å². The van der Waals surface area contributed by atoms with Crippen LogP contribution in [0.1, 0.15) is 36.0 Å². The van der Waals surface area contributed by atoms with Gasteiger partial charge in [-0.2, -0.15) is 0 Å². The van der Waals surface area contributed by atoms with Gasteiger partial charge in [-0.25, -0.2) is 4.98 Å². The molecule has 0 unspecified atom stereocenters. The van der Waals surface area contributed by atoms with Crippen molar-refractivity contribution in [3.05, 3.63) is 23.9 Å². The fourth-order valence-electron chi connectivity index (χ4n) is 2.02. The number of primary amides is 1. The van der Waals surface area contributed by atoms with Gasteiger partial charge in [-0.1, -0.05) is 12.8 Å². The number of hydrogen-bond donors (Lipinski definition) is 1. The molecule has 0 radical (unpaired) electrons. The average Bonchev–Trinajstić information content (AvgIpc) is 2.57. The maximum absolute atomic E-state index is 10.9. The van der Waals surface area contributed by atoms with Gasteiger partial charge in [-0.3, -0.25) is 4.79 Å². The maximum Gasteiger partial charge on any atom is 0.250 e. The first kappa shape index (κ1) is 10.9. The SMILES string of the molecule is NC(=O)c1ccc(N2CCCCCC2)nc1. The molecule has 0 spiro atoms. The van der Waals surface area contributed by atoms with Gasteiger partial charge in [0.15, 0.2) is 0 Å². The molecule has 1 aliphatic heterocycles. The molecule has 0 aromatic carbocycles. The Morgan fingerprint density at radius 2 is 1.88 bits per heavy atom. The molecule has 1 aromatic rings. The van der Waals surface area contributed by atoms with Crippen LogP contribution in [0.2, 0.25) is 0 Å². The van der Waals surface area contributed by atoms with E-state index in [2.05, 4.69) is 9.88 Å². The molecule has 16 heavy (non-hydrogen) atoms. The first-order valence-corrected chi connectivity index (χ1v) is 5.78. The molecule has 0 aliphatic carbocycles. The normalized spacial score (nSPS) is 16.9. The predicted octanol–water partition coefficient (Wildman–Crippen LogP) is 1.56. The Morgan fingerprint density at radius 1 is 1.19 bits per heavy atom. The zero-order chi connectivity index (χ0) is 11.4. The number of nitrogens with two attached hydrogens (primary N) is 1. The molecule has 4 nitrogen and oxygen atoms in total. The molecule has 1 fully saturated rings. The zero-order valence-corrected chi connectivity index (χ0v) is 9.35. The van der Waals surface area contributed by atoms with Crippen molar-refractivity contribution in [3.8, 4) is 0 Å². The molecule has 4 heteroatoms. The van der Waals surface area contributed by atoms with Crippen LogP contribution < -0.4 is 10.6 Å². The summed E-state index contributed by atoms with van der Waals surface area (Å²) < 4.78 is 0. The standard InChI is InChI=1S/C12H17N3O/c13-12(16)10-5-6-11(14-9-10)15-7-3-1-2-4-8-15/h5-6,9H,1-4,7-8H2,(H2,13,16). The van der Waals surface area contributed by atoms with Crippen molar-refractivity contribution < 1.29 is 4.79 Å². The lowest BCUT2D eigenvalue weighted by atomic mass is 10.2. The average molecular weight is 219 g/mol. The largest absolute Gasteiger partial charge is 0.366 e. The van der Waals surface area contributed by atoms with E-state index in [1.807, 2.05) is 6.07 Å². The monoisotopic (exact) mass is 219 g/mol. The van der Waals surface area contributed by atoms with Crippen LogP contribution in [0.25, 0.3) is 0 Å². The van der Waals surface area contributed by atoms with Crippen LogP contribution in [-0.4, -0.2) is 24.0 Å². The molecule has 2 heterocycles. The number of hydrogen-bond acceptors (Lipinski definition) is 3. The third-order valence-corrected chi connectivity index (χ3v) is 2.96. The summed E-state index contributed by atoms with van der Waals surface area (Å²) in [5, 5.41) is 0. The Kier molecular flexibility index (Phi) is 3.39. The van der Waals surface area contributed by atoms with Gasteiger partial charge in [0.2, 0.25) is 5.91 Å². The quantitative estimate of drug-likeness (QED) is 0.821. The number of amides is 1. The van der Waals surface area contributed by atoms with Crippen LogP contribution in [0.15, 0.2) is 18.3 Å². The summed E-state index contributed by atoms with van der Waals surface area (Å²) in [6, 6.07) is 3.63. The Balaban J connectivity index is 2.10. The second-order valence-electron chi connectivity index (χ2n) is 4.17. The van der Waals surface area contributed by atoms with Crippen molar-refractivity contribution in [2.45, 2.75) is 25.7 Å². The molecule has 1 saturated heterocycles. The number of carbonyl (C=O) groups is 1. The molecule has 0 saturated carbocycles. The molecule has 0 bridgehead atoms. The highest BCUT2D eigenvalue weighted by molar-refractivity contribution is 5.92. The third-order valence-electron chi connectivity index (χ3n) is 2.96. The highest BCUT2D eigenvalue weighted by Gasteiger charge is 2.11. The summed E-state index contributed by atoms with van der Waals surface area (Å²) in [4.78, 5) is 17.5. The minimum atomic E-state index is -0.421. The van der Waals surface area contributed by atoms with E-state index in [0.717, 1.165) is 18.9 Å². The highest BCUT2D eigenvalue weighted by Crippen LogP contribution is 2.17. The lowest BCUT2D eigenvalue weighted by molar-refractivity contribution is 0.1000. The van der Waals surface area contributed by atoms with Gasteiger partial charge in [0.1, 0.15) is 5.82 Å². The summed E-state index contributed by atoms with van der Waals surface area (Å²) >= 11 is 0. The fourth-order valence-corrected chi connectivity index (χ4v) is 2.02. The van der Waals surface area contributed by atoms with Crippen LogP contribution in [0, 0.1) is 0 Å². The Bertz CT molecular complexity index is 353. The number of rotatable bonds is 2. The van der Waals surface area contributed by atoms with Crippen molar-refractivity contribution in [2.24, 2.45) is 5.73 Å². The third kappa shape index (κ3) is 2.51. The first-order chi connectivity index (χ1) is 7.77. The molecule has 1 amide bonds. The summed E-state index contributed by atoms with van der Waals surface area (Å²) in [5.74, 6) is 0.529. The minimum absolute atomic E-state index is 0.421. The van der Waals surface area contributed by atoms with Crippen molar-refractivity contribution in [1.29, 1.82) is 0 Å². The lowest BCUT2D eigenvalue weighted by Gasteiger charge is -2.21. The van der Waals surface area contributed by atoms with Crippen molar-refractivity contribution in [3.63, 3.8) is 0 Å². The molecule has 1 aliphatic rings. The number of aromatic nitrogens is 1. The van der Waals surface area contributed by atoms with E-state index in [0.29, 0.717) is 5.56 Å². The van der Waals surface area contributed by atoms with Gasteiger partial charge in [0.05, 0.1) is 5.56 Å². The minimum Gasteiger partial charge on any atom is -0.366 e. The molecule has 1 aromatic heterocycles. The summed E-state index contributed by atoms with van der Waals surface area (Å²) in [6.45, 7) is 2.12. The number of carbonyl (C=O) groups excluding carboxylic acids is 1. The van der Waals surface area contributed by atoms with Crippen LogP contribution in [0.4, 0.5) is 5.82 Å². The van der Waals surface area contributed by atoms with Crippen LogP contribution in [0.3, 0.4) is 0 Å². The van der Waals surface area contributed by atoms with Gasteiger partial charge in [0.25, 0.3) is 0 Å². The van der Waals surface area contributed by atoms with Gasteiger partial charge in [0, 0.05) is 19.3 Å².